The van der Waals surface area contributed by atoms with Crippen molar-refractivity contribution in [1.82, 2.24) is 0 Å². The van der Waals surface area contributed by atoms with E-state index in [0.717, 1.165) is 12.0 Å². The Morgan fingerprint density at radius 3 is 1.80 bits per heavy atom. The smallest absolute Gasteiger partial charge is 0.323 e. The van der Waals surface area contributed by atoms with E-state index in [1.165, 1.54) is 0 Å². The molecule has 0 N–H and O–H groups in total. The maximum atomic E-state index is 13.4. The van der Waals surface area contributed by atoms with Crippen LogP contribution < -0.4 is 0 Å². The first-order valence-corrected chi connectivity index (χ1v) is 13.0. The summed E-state index contributed by atoms with van der Waals surface area (Å²) in [5.74, 6) is -2.44. The van der Waals surface area contributed by atoms with E-state index in [0.29, 0.717) is 6.42 Å². The third kappa shape index (κ3) is 5.75. The van der Waals surface area contributed by atoms with Gasteiger partial charge in [0.05, 0.1) is 25.4 Å². The summed E-state index contributed by atoms with van der Waals surface area (Å²) in [4.78, 5) is 26.9. The van der Waals surface area contributed by atoms with Crippen molar-refractivity contribution in [2.45, 2.75) is 99.1 Å². The fourth-order valence-electron chi connectivity index (χ4n) is 5.41. The van der Waals surface area contributed by atoms with Crippen molar-refractivity contribution < 1.29 is 28.5 Å². The summed E-state index contributed by atoms with van der Waals surface area (Å²) in [5.41, 5.74) is -0.640. The second kappa shape index (κ2) is 10.2. The lowest BCUT2D eigenvalue weighted by atomic mass is 9.77. The van der Waals surface area contributed by atoms with Gasteiger partial charge in [-0.3, -0.25) is 9.59 Å². The van der Waals surface area contributed by atoms with E-state index in [9.17, 15) is 9.59 Å². The molecule has 0 radical (unpaired) electrons. The molecule has 6 heteroatoms. The van der Waals surface area contributed by atoms with Crippen LogP contribution in [0.25, 0.3) is 0 Å². The highest BCUT2D eigenvalue weighted by Crippen LogP contribution is 2.57. The summed E-state index contributed by atoms with van der Waals surface area (Å²) in [6.45, 7) is 16.9. The highest BCUT2D eigenvalue weighted by molar-refractivity contribution is 6.00. The Labute approximate surface area is 211 Å². The normalized spacial score (nSPS) is 28.6. The molecule has 1 aliphatic carbocycles. The number of carbonyl (C=O) groups is 2. The van der Waals surface area contributed by atoms with Gasteiger partial charge in [-0.2, -0.15) is 0 Å². The van der Waals surface area contributed by atoms with Crippen LogP contribution in [0, 0.1) is 22.2 Å². The predicted molar refractivity (Wildman–Crippen MR) is 135 cm³/mol. The van der Waals surface area contributed by atoms with Crippen LogP contribution in [0.4, 0.5) is 0 Å². The summed E-state index contributed by atoms with van der Waals surface area (Å²) < 4.78 is 24.7. The highest BCUT2D eigenvalue weighted by Gasteiger charge is 2.67. The Morgan fingerprint density at radius 1 is 0.886 bits per heavy atom. The number of rotatable bonds is 6. The maximum absolute atomic E-state index is 13.4. The highest BCUT2D eigenvalue weighted by atomic mass is 16.7. The molecular weight excluding hydrogens is 444 g/mol. The van der Waals surface area contributed by atoms with Gasteiger partial charge in [0, 0.05) is 18.8 Å². The molecule has 35 heavy (non-hydrogen) atoms. The zero-order valence-corrected chi connectivity index (χ0v) is 22.8. The molecule has 0 unspecified atom stereocenters. The van der Waals surface area contributed by atoms with Crippen LogP contribution in [-0.4, -0.2) is 43.1 Å². The molecule has 1 saturated heterocycles. The molecule has 1 aromatic carbocycles. The standard InChI is InChI=1S/C29H44O6/c1-9-32-24(30)28(25(31)33-10-2)18-21(16-20-14-12-11-13-15-20)29(19-28)34-22(26(3,4)5)17-23(35-29)27(6,7)8/h11-15,21-23H,9-10,16-19H2,1-8H3/t21-,22-,23-/m0/s1. The van der Waals surface area contributed by atoms with E-state index in [4.69, 9.17) is 18.9 Å². The molecule has 3 atom stereocenters. The lowest BCUT2D eigenvalue weighted by Gasteiger charge is -2.52. The molecule has 2 fully saturated rings. The second-order valence-electron chi connectivity index (χ2n) is 12.3. The zero-order valence-electron chi connectivity index (χ0n) is 22.8. The average molecular weight is 489 g/mol. The quantitative estimate of drug-likeness (QED) is 0.377. The fourth-order valence-corrected chi connectivity index (χ4v) is 5.41. The van der Waals surface area contributed by atoms with Crippen molar-refractivity contribution in [3.63, 3.8) is 0 Å². The third-order valence-corrected chi connectivity index (χ3v) is 7.47. The lowest BCUT2D eigenvalue weighted by Crippen LogP contribution is -2.57. The van der Waals surface area contributed by atoms with Gasteiger partial charge in [-0.25, -0.2) is 0 Å². The Bertz CT molecular complexity index is 839. The van der Waals surface area contributed by atoms with Crippen molar-refractivity contribution in [3.05, 3.63) is 35.9 Å². The van der Waals surface area contributed by atoms with Crippen LogP contribution in [0.2, 0.25) is 0 Å². The number of hydrogen-bond acceptors (Lipinski definition) is 6. The van der Waals surface area contributed by atoms with Crippen molar-refractivity contribution >= 4 is 11.9 Å². The van der Waals surface area contributed by atoms with Crippen molar-refractivity contribution in [2.24, 2.45) is 22.2 Å². The van der Waals surface area contributed by atoms with Crippen molar-refractivity contribution in [2.75, 3.05) is 13.2 Å². The predicted octanol–water partition coefficient (Wildman–Crippen LogP) is 5.71. The topological polar surface area (TPSA) is 71.1 Å². The van der Waals surface area contributed by atoms with Gasteiger partial charge >= 0.3 is 11.9 Å². The van der Waals surface area contributed by atoms with Gasteiger partial charge in [-0.1, -0.05) is 71.9 Å². The summed E-state index contributed by atoms with van der Waals surface area (Å²) in [6, 6.07) is 10.1. The van der Waals surface area contributed by atoms with Gasteiger partial charge in [0.25, 0.3) is 0 Å². The monoisotopic (exact) mass is 488 g/mol. The van der Waals surface area contributed by atoms with Crippen LogP contribution in [0.3, 0.4) is 0 Å². The number of carbonyl (C=O) groups excluding carboxylic acids is 2. The Hall–Kier alpha value is -1.92. The summed E-state index contributed by atoms with van der Waals surface area (Å²) in [6.07, 6.45) is 1.52. The van der Waals surface area contributed by atoms with Gasteiger partial charge in [0.2, 0.25) is 0 Å². The summed E-state index contributed by atoms with van der Waals surface area (Å²) in [5, 5.41) is 0. The molecule has 6 nitrogen and oxygen atoms in total. The van der Waals surface area contributed by atoms with Crippen LogP contribution >= 0.6 is 0 Å². The molecule has 2 aliphatic rings. The van der Waals surface area contributed by atoms with E-state index in [-0.39, 0.29) is 55.0 Å². The van der Waals surface area contributed by atoms with Gasteiger partial charge in [-0.05, 0) is 43.1 Å². The minimum Gasteiger partial charge on any atom is -0.465 e. The van der Waals surface area contributed by atoms with Gasteiger partial charge < -0.3 is 18.9 Å². The van der Waals surface area contributed by atoms with Crippen LogP contribution in [0.15, 0.2) is 30.3 Å². The Balaban J connectivity index is 2.14. The van der Waals surface area contributed by atoms with Crippen LogP contribution in [-0.2, 0) is 35.0 Å². The largest absolute Gasteiger partial charge is 0.465 e. The molecule has 1 heterocycles. The Morgan fingerprint density at radius 2 is 1.37 bits per heavy atom. The van der Waals surface area contributed by atoms with Gasteiger partial charge in [-0.15, -0.1) is 0 Å². The fraction of sp³-hybridized carbons (Fsp3) is 0.724. The molecule has 196 valence electrons. The van der Waals surface area contributed by atoms with E-state index >= 15 is 0 Å². The zero-order chi connectivity index (χ0) is 26.1. The molecule has 0 bridgehead atoms. The first-order chi connectivity index (χ1) is 16.3. The first kappa shape index (κ1) is 27.7. The van der Waals surface area contributed by atoms with Crippen LogP contribution in [0.1, 0.15) is 80.2 Å². The number of hydrogen-bond donors (Lipinski definition) is 0. The number of benzene rings is 1. The summed E-state index contributed by atoms with van der Waals surface area (Å²) in [7, 11) is 0. The van der Waals surface area contributed by atoms with Crippen molar-refractivity contribution in [1.29, 1.82) is 0 Å². The molecule has 1 spiro atoms. The first-order valence-electron chi connectivity index (χ1n) is 13.0. The molecule has 1 aromatic rings. The van der Waals surface area contributed by atoms with Gasteiger partial charge in [0.15, 0.2) is 11.2 Å². The molecule has 0 aromatic heterocycles. The van der Waals surface area contributed by atoms with E-state index in [1.807, 2.05) is 18.2 Å². The number of ether oxygens (including phenoxy) is 4. The minimum atomic E-state index is -1.46. The Kier molecular flexibility index (Phi) is 8.07. The molecular formula is C29H44O6. The lowest BCUT2D eigenvalue weighted by molar-refractivity contribution is -0.359. The SMILES string of the molecule is CCOC(=O)C1(C(=O)OCC)C[C@H](Cc2ccccc2)C2(C1)O[C@H](C(C)(C)C)C[C@@H](C(C)(C)C)O2. The van der Waals surface area contributed by atoms with E-state index < -0.39 is 23.1 Å². The summed E-state index contributed by atoms with van der Waals surface area (Å²) >= 11 is 0. The average Bonchev–Trinajstić information content (AvgIpc) is 3.07. The maximum Gasteiger partial charge on any atom is 0.323 e. The van der Waals surface area contributed by atoms with E-state index in [1.54, 1.807) is 13.8 Å². The molecule has 1 saturated carbocycles. The third-order valence-electron chi connectivity index (χ3n) is 7.47. The minimum absolute atomic E-state index is 0.0916. The van der Waals surface area contributed by atoms with Crippen molar-refractivity contribution in [3.8, 4) is 0 Å². The molecule has 1 aliphatic heterocycles. The molecule has 3 rings (SSSR count). The molecule has 0 amide bonds. The van der Waals surface area contributed by atoms with Gasteiger partial charge in [0.1, 0.15) is 0 Å². The number of esters is 2. The van der Waals surface area contributed by atoms with Crippen LogP contribution in [0.5, 0.6) is 0 Å². The van der Waals surface area contributed by atoms with E-state index in [2.05, 4.69) is 53.7 Å². The second-order valence-corrected chi connectivity index (χ2v) is 12.3.